The molecule has 0 amide bonds. The number of benzene rings is 2. The van der Waals surface area contributed by atoms with Gasteiger partial charge in [0, 0.05) is 0 Å². The largest absolute Gasteiger partial charge is 0.371 e. The summed E-state index contributed by atoms with van der Waals surface area (Å²) in [4.78, 5) is 0. The molecule has 0 atom stereocenters. The van der Waals surface area contributed by atoms with E-state index in [1.165, 1.54) is 22.3 Å². The zero-order valence-corrected chi connectivity index (χ0v) is 13.5. The highest BCUT2D eigenvalue weighted by Gasteiger charge is 2.18. The fourth-order valence-electron chi connectivity index (χ4n) is 2.17. The minimum absolute atomic E-state index is 0.160. The average molecular weight is 281 g/mol. The summed E-state index contributed by atoms with van der Waals surface area (Å²) >= 11 is 0. The summed E-state index contributed by atoms with van der Waals surface area (Å²) in [6, 6.07) is 17.0. The summed E-state index contributed by atoms with van der Waals surface area (Å²) in [6.45, 7) is 9.20. The van der Waals surface area contributed by atoms with Gasteiger partial charge in [0.05, 0.1) is 12.2 Å². The molecule has 0 fully saturated rings. The normalized spacial score (nSPS) is 11.6. The first kappa shape index (κ1) is 15.8. The second-order valence-corrected chi connectivity index (χ2v) is 6.29. The summed E-state index contributed by atoms with van der Waals surface area (Å²) in [5.41, 5.74) is 4.94. The van der Waals surface area contributed by atoms with E-state index in [1.54, 1.807) is 0 Å². The van der Waals surface area contributed by atoms with Gasteiger partial charge >= 0.3 is 0 Å². The molecule has 0 bridgehead atoms. The van der Waals surface area contributed by atoms with Crippen LogP contribution in [0.5, 0.6) is 0 Å². The lowest BCUT2D eigenvalue weighted by Crippen LogP contribution is -2.24. The molecule has 1 radical (unpaired) electrons. The van der Waals surface area contributed by atoms with Crippen molar-refractivity contribution < 1.29 is 4.74 Å². The molecule has 21 heavy (non-hydrogen) atoms. The predicted molar refractivity (Wildman–Crippen MR) is 89.2 cm³/mol. The average Bonchev–Trinajstić information content (AvgIpc) is 2.46. The third-order valence-corrected chi connectivity index (χ3v) is 3.79. The smallest absolute Gasteiger partial charge is 0.0726 e. The van der Waals surface area contributed by atoms with E-state index < -0.39 is 0 Å². The van der Waals surface area contributed by atoms with E-state index in [9.17, 15) is 0 Å². The fraction of sp³-hybridized carbons (Fsp3) is 0.350. The van der Waals surface area contributed by atoms with Crippen molar-refractivity contribution in [1.82, 2.24) is 0 Å². The zero-order valence-electron chi connectivity index (χ0n) is 13.5. The van der Waals surface area contributed by atoms with Crippen LogP contribution in [0.3, 0.4) is 0 Å². The zero-order chi connectivity index (χ0) is 15.3. The Morgan fingerprint density at radius 3 is 2.29 bits per heavy atom. The van der Waals surface area contributed by atoms with E-state index in [4.69, 9.17) is 4.74 Å². The van der Waals surface area contributed by atoms with Crippen LogP contribution in [-0.4, -0.2) is 5.60 Å². The van der Waals surface area contributed by atoms with E-state index in [0.717, 1.165) is 6.42 Å². The SMILES string of the molecule is Cc1ccc([CH]CC(C)(C)OCc2ccccc2C)cc1. The molecule has 0 saturated heterocycles. The van der Waals surface area contributed by atoms with Crippen molar-refractivity contribution in [3.05, 3.63) is 77.2 Å². The summed E-state index contributed by atoms with van der Waals surface area (Å²) in [5.74, 6) is 0. The first-order chi connectivity index (χ1) is 9.96. The van der Waals surface area contributed by atoms with Crippen LogP contribution in [0, 0.1) is 20.3 Å². The molecule has 0 aliphatic heterocycles. The lowest BCUT2D eigenvalue weighted by Gasteiger charge is -2.26. The number of rotatable bonds is 6. The Labute approximate surface area is 129 Å². The highest BCUT2D eigenvalue weighted by Crippen LogP contribution is 2.22. The van der Waals surface area contributed by atoms with Gasteiger partial charge in [0.2, 0.25) is 0 Å². The van der Waals surface area contributed by atoms with Crippen molar-refractivity contribution in [1.29, 1.82) is 0 Å². The van der Waals surface area contributed by atoms with Gasteiger partial charge in [-0.05, 0) is 57.2 Å². The molecule has 0 aliphatic carbocycles. The molecule has 1 nitrogen and oxygen atoms in total. The molecule has 0 heterocycles. The van der Waals surface area contributed by atoms with Gasteiger partial charge in [-0.15, -0.1) is 0 Å². The van der Waals surface area contributed by atoms with E-state index >= 15 is 0 Å². The standard InChI is InChI=1S/C20H25O/c1-16-9-11-18(12-10-16)13-14-20(3,4)21-15-19-8-6-5-7-17(19)2/h5-13H,14-15H2,1-4H3. The minimum atomic E-state index is -0.160. The second kappa shape index (κ2) is 6.91. The minimum Gasteiger partial charge on any atom is -0.371 e. The molecule has 2 rings (SSSR count). The van der Waals surface area contributed by atoms with Crippen molar-refractivity contribution in [3.8, 4) is 0 Å². The predicted octanol–water partition coefficient (Wildman–Crippen LogP) is 5.24. The summed E-state index contributed by atoms with van der Waals surface area (Å²) in [7, 11) is 0. The summed E-state index contributed by atoms with van der Waals surface area (Å²) in [6.07, 6.45) is 3.15. The molecule has 1 heteroatoms. The third-order valence-electron chi connectivity index (χ3n) is 3.79. The Hall–Kier alpha value is -1.60. The Bertz CT molecular complexity index is 567. The molecule has 0 aliphatic rings. The van der Waals surface area contributed by atoms with Crippen LogP contribution in [0.15, 0.2) is 48.5 Å². The summed E-state index contributed by atoms with van der Waals surface area (Å²) in [5, 5.41) is 0. The van der Waals surface area contributed by atoms with Crippen molar-refractivity contribution in [2.75, 3.05) is 0 Å². The van der Waals surface area contributed by atoms with Crippen molar-refractivity contribution >= 4 is 0 Å². The van der Waals surface area contributed by atoms with Gasteiger partial charge in [0.1, 0.15) is 0 Å². The van der Waals surface area contributed by atoms with Crippen molar-refractivity contribution in [2.24, 2.45) is 0 Å². The van der Waals surface area contributed by atoms with Gasteiger partial charge < -0.3 is 4.74 Å². The third kappa shape index (κ3) is 5.02. The first-order valence-electron chi connectivity index (χ1n) is 7.55. The van der Waals surface area contributed by atoms with Gasteiger partial charge in [-0.25, -0.2) is 0 Å². The molecule has 2 aromatic carbocycles. The molecule has 111 valence electrons. The molecule has 0 N–H and O–H groups in total. The van der Waals surface area contributed by atoms with Gasteiger partial charge in [-0.2, -0.15) is 0 Å². The molecular weight excluding hydrogens is 256 g/mol. The van der Waals surface area contributed by atoms with E-state index in [0.29, 0.717) is 6.61 Å². The van der Waals surface area contributed by atoms with Crippen LogP contribution >= 0.6 is 0 Å². The van der Waals surface area contributed by atoms with Crippen LogP contribution in [0.4, 0.5) is 0 Å². The van der Waals surface area contributed by atoms with Crippen molar-refractivity contribution in [2.45, 2.75) is 46.3 Å². The Morgan fingerprint density at radius 2 is 1.62 bits per heavy atom. The topological polar surface area (TPSA) is 9.23 Å². The fourth-order valence-corrected chi connectivity index (χ4v) is 2.17. The maximum Gasteiger partial charge on any atom is 0.0726 e. The van der Waals surface area contributed by atoms with Gasteiger partial charge in [-0.1, -0.05) is 54.1 Å². The van der Waals surface area contributed by atoms with E-state index in [2.05, 4.69) is 82.6 Å². The highest BCUT2D eigenvalue weighted by atomic mass is 16.5. The lowest BCUT2D eigenvalue weighted by molar-refractivity contribution is -0.0290. The van der Waals surface area contributed by atoms with Crippen LogP contribution in [0.1, 0.15) is 42.5 Å². The Balaban J connectivity index is 1.87. The second-order valence-electron chi connectivity index (χ2n) is 6.29. The van der Waals surface area contributed by atoms with Crippen LogP contribution in [-0.2, 0) is 11.3 Å². The van der Waals surface area contributed by atoms with Gasteiger partial charge in [0.15, 0.2) is 0 Å². The molecule has 2 aromatic rings. The van der Waals surface area contributed by atoms with Crippen LogP contribution < -0.4 is 0 Å². The number of ether oxygens (including phenoxy) is 1. The Kier molecular flexibility index (Phi) is 5.19. The molecule has 0 aromatic heterocycles. The van der Waals surface area contributed by atoms with Crippen LogP contribution in [0.2, 0.25) is 0 Å². The number of hydrogen-bond donors (Lipinski definition) is 0. The van der Waals surface area contributed by atoms with Gasteiger partial charge in [-0.3, -0.25) is 0 Å². The molecule has 0 spiro atoms. The quantitative estimate of drug-likeness (QED) is 0.703. The molecule has 0 unspecified atom stereocenters. The van der Waals surface area contributed by atoms with Gasteiger partial charge in [0.25, 0.3) is 0 Å². The number of aryl methyl sites for hydroxylation is 2. The van der Waals surface area contributed by atoms with E-state index in [-0.39, 0.29) is 5.60 Å². The first-order valence-corrected chi connectivity index (χ1v) is 7.55. The monoisotopic (exact) mass is 281 g/mol. The van der Waals surface area contributed by atoms with Crippen LogP contribution in [0.25, 0.3) is 0 Å². The Morgan fingerprint density at radius 1 is 0.952 bits per heavy atom. The summed E-state index contributed by atoms with van der Waals surface area (Å²) < 4.78 is 6.11. The maximum atomic E-state index is 6.11. The van der Waals surface area contributed by atoms with Crippen molar-refractivity contribution in [3.63, 3.8) is 0 Å². The van der Waals surface area contributed by atoms with E-state index in [1.807, 2.05) is 0 Å². The molecule has 0 saturated carbocycles. The maximum absolute atomic E-state index is 6.11. The lowest BCUT2D eigenvalue weighted by atomic mass is 9.98. The number of hydrogen-bond acceptors (Lipinski definition) is 1. The highest BCUT2D eigenvalue weighted by molar-refractivity contribution is 5.27. The molecular formula is C20H25O.